The lowest BCUT2D eigenvalue weighted by atomic mass is 10.0. The molecule has 0 unspecified atom stereocenters. The highest BCUT2D eigenvalue weighted by atomic mass is 32.1. The summed E-state index contributed by atoms with van der Waals surface area (Å²) in [6.45, 7) is 2.51. The molecule has 0 atom stereocenters. The molecule has 4 nitrogen and oxygen atoms in total. The zero-order valence-electron chi connectivity index (χ0n) is 14.4. The van der Waals surface area contributed by atoms with Crippen LogP contribution in [0.2, 0.25) is 0 Å². The van der Waals surface area contributed by atoms with E-state index >= 15 is 0 Å². The van der Waals surface area contributed by atoms with Crippen molar-refractivity contribution in [3.63, 3.8) is 0 Å². The third-order valence-electron chi connectivity index (χ3n) is 4.82. The molecule has 2 amide bonds. The normalized spacial score (nSPS) is 15.1. The molecule has 0 aliphatic carbocycles. The van der Waals surface area contributed by atoms with Crippen LogP contribution in [0.25, 0.3) is 10.8 Å². The van der Waals surface area contributed by atoms with E-state index < -0.39 is 0 Å². The van der Waals surface area contributed by atoms with Crippen LogP contribution in [-0.4, -0.2) is 47.8 Å². The van der Waals surface area contributed by atoms with E-state index in [2.05, 4.69) is 0 Å². The topological polar surface area (TPSA) is 40.6 Å². The van der Waals surface area contributed by atoms with Crippen molar-refractivity contribution in [2.24, 2.45) is 0 Å². The van der Waals surface area contributed by atoms with Gasteiger partial charge in [0.2, 0.25) is 0 Å². The molecule has 2 heterocycles. The maximum absolute atomic E-state index is 13.1. The van der Waals surface area contributed by atoms with Crippen LogP contribution in [0, 0.1) is 0 Å². The summed E-state index contributed by atoms with van der Waals surface area (Å²) in [5.41, 5.74) is 0.737. The zero-order chi connectivity index (χ0) is 17.9. The van der Waals surface area contributed by atoms with Gasteiger partial charge in [-0.25, -0.2) is 0 Å². The van der Waals surface area contributed by atoms with Crippen molar-refractivity contribution in [1.29, 1.82) is 0 Å². The number of nitrogens with zero attached hydrogens (tertiary/aromatic N) is 2. The minimum absolute atomic E-state index is 0.0484. The molecule has 5 heteroatoms. The standard InChI is InChI=1S/C21H20N2O2S/c24-20(18-9-3-7-16-6-1-2-8-17(16)18)22-11-5-12-23(14-13-22)21(25)19-10-4-15-26-19/h1-4,6-10,15H,5,11-14H2. The quantitative estimate of drug-likeness (QED) is 0.692. The molecule has 1 saturated heterocycles. The molecule has 1 aliphatic rings. The van der Waals surface area contributed by atoms with Gasteiger partial charge < -0.3 is 9.80 Å². The van der Waals surface area contributed by atoms with Crippen LogP contribution in [0.5, 0.6) is 0 Å². The average molecular weight is 364 g/mol. The summed E-state index contributed by atoms with van der Waals surface area (Å²) in [6, 6.07) is 17.6. The van der Waals surface area contributed by atoms with Crippen LogP contribution >= 0.6 is 11.3 Å². The van der Waals surface area contributed by atoms with Gasteiger partial charge in [0.25, 0.3) is 11.8 Å². The van der Waals surface area contributed by atoms with Crippen molar-refractivity contribution < 1.29 is 9.59 Å². The molecule has 1 fully saturated rings. The Hall–Kier alpha value is -2.66. The number of hydrogen-bond acceptors (Lipinski definition) is 3. The van der Waals surface area contributed by atoms with Gasteiger partial charge in [0, 0.05) is 31.7 Å². The molecular weight excluding hydrogens is 344 g/mol. The molecule has 1 aliphatic heterocycles. The third-order valence-corrected chi connectivity index (χ3v) is 5.68. The molecule has 0 bridgehead atoms. The fourth-order valence-electron chi connectivity index (χ4n) is 3.46. The summed E-state index contributed by atoms with van der Waals surface area (Å²) in [6.07, 6.45) is 0.799. The number of hydrogen-bond donors (Lipinski definition) is 0. The second-order valence-corrected chi connectivity index (χ2v) is 7.39. The molecule has 0 N–H and O–H groups in total. The number of carbonyl (C=O) groups is 2. The van der Waals surface area contributed by atoms with Crippen LogP contribution in [-0.2, 0) is 0 Å². The van der Waals surface area contributed by atoms with Crippen molar-refractivity contribution >= 4 is 33.9 Å². The largest absolute Gasteiger partial charge is 0.337 e. The Balaban J connectivity index is 1.52. The van der Waals surface area contributed by atoms with E-state index in [1.54, 1.807) is 0 Å². The minimum atomic E-state index is 0.0484. The lowest BCUT2D eigenvalue weighted by Gasteiger charge is -2.22. The van der Waals surface area contributed by atoms with Crippen molar-refractivity contribution in [3.8, 4) is 0 Å². The molecule has 132 valence electrons. The van der Waals surface area contributed by atoms with Gasteiger partial charge in [0.05, 0.1) is 4.88 Å². The Labute approximate surface area is 156 Å². The maximum Gasteiger partial charge on any atom is 0.263 e. The van der Waals surface area contributed by atoms with Crippen LogP contribution in [0.1, 0.15) is 26.5 Å². The summed E-state index contributed by atoms with van der Waals surface area (Å²) in [7, 11) is 0. The first-order chi connectivity index (χ1) is 12.7. The van der Waals surface area contributed by atoms with Gasteiger partial charge in [0.1, 0.15) is 0 Å². The lowest BCUT2D eigenvalue weighted by molar-refractivity contribution is 0.0722. The van der Waals surface area contributed by atoms with E-state index in [-0.39, 0.29) is 11.8 Å². The Morgan fingerprint density at radius 3 is 2.27 bits per heavy atom. The fourth-order valence-corrected chi connectivity index (χ4v) is 4.15. The third kappa shape index (κ3) is 3.22. The number of carbonyl (C=O) groups excluding carboxylic acids is 2. The monoisotopic (exact) mass is 364 g/mol. The van der Waals surface area contributed by atoms with Gasteiger partial charge >= 0.3 is 0 Å². The predicted octanol–water partition coefficient (Wildman–Crippen LogP) is 3.89. The molecule has 26 heavy (non-hydrogen) atoms. The van der Waals surface area contributed by atoms with E-state index in [0.29, 0.717) is 26.2 Å². The fraction of sp³-hybridized carbons (Fsp3) is 0.238. The second-order valence-electron chi connectivity index (χ2n) is 6.44. The highest BCUT2D eigenvalue weighted by Gasteiger charge is 2.24. The highest BCUT2D eigenvalue weighted by molar-refractivity contribution is 7.12. The average Bonchev–Trinajstić information content (AvgIpc) is 3.11. The first-order valence-electron chi connectivity index (χ1n) is 8.84. The Bertz CT molecular complexity index is 931. The smallest absolute Gasteiger partial charge is 0.263 e. The molecule has 3 aromatic rings. The summed E-state index contributed by atoms with van der Waals surface area (Å²) in [5.74, 6) is 0.117. The van der Waals surface area contributed by atoms with Crippen molar-refractivity contribution in [2.75, 3.05) is 26.2 Å². The Morgan fingerprint density at radius 2 is 1.50 bits per heavy atom. The first kappa shape index (κ1) is 16.8. The summed E-state index contributed by atoms with van der Waals surface area (Å²) >= 11 is 1.47. The summed E-state index contributed by atoms with van der Waals surface area (Å²) in [4.78, 5) is 30.2. The number of fused-ring (bicyclic) bond motifs is 1. The van der Waals surface area contributed by atoms with Crippen LogP contribution in [0.3, 0.4) is 0 Å². The van der Waals surface area contributed by atoms with Gasteiger partial charge in [-0.1, -0.05) is 42.5 Å². The minimum Gasteiger partial charge on any atom is -0.337 e. The van der Waals surface area contributed by atoms with Crippen LogP contribution in [0.4, 0.5) is 0 Å². The predicted molar refractivity (Wildman–Crippen MR) is 105 cm³/mol. The van der Waals surface area contributed by atoms with Gasteiger partial charge in [-0.2, -0.15) is 0 Å². The van der Waals surface area contributed by atoms with Crippen LogP contribution in [0.15, 0.2) is 60.0 Å². The molecule has 2 aromatic carbocycles. The summed E-state index contributed by atoms with van der Waals surface area (Å²) in [5, 5.41) is 3.97. The van der Waals surface area contributed by atoms with E-state index in [9.17, 15) is 9.59 Å². The SMILES string of the molecule is O=C(c1cccs1)N1CCCN(C(=O)c2cccc3ccccc23)CC1. The number of thiophene rings is 1. The molecular formula is C21H20N2O2S. The Kier molecular flexibility index (Phi) is 4.71. The first-order valence-corrected chi connectivity index (χ1v) is 9.72. The van der Waals surface area contributed by atoms with Crippen molar-refractivity contribution in [2.45, 2.75) is 6.42 Å². The van der Waals surface area contributed by atoms with Crippen LogP contribution < -0.4 is 0 Å². The number of amides is 2. The van der Waals surface area contributed by atoms with Gasteiger partial charge in [-0.3, -0.25) is 9.59 Å². The molecule has 0 spiro atoms. The van der Waals surface area contributed by atoms with Gasteiger partial charge in [-0.05, 0) is 34.7 Å². The van der Waals surface area contributed by atoms with E-state index in [0.717, 1.165) is 27.6 Å². The molecule has 1 aromatic heterocycles. The zero-order valence-corrected chi connectivity index (χ0v) is 15.2. The highest BCUT2D eigenvalue weighted by Crippen LogP contribution is 2.21. The van der Waals surface area contributed by atoms with Gasteiger partial charge in [-0.15, -0.1) is 11.3 Å². The van der Waals surface area contributed by atoms with Gasteiger partial charge in [0.15, 0.2) is 0 Å². The molecule has 0 radical (unpaired) electrons. The number of benzene rings is 2. The lowest BCUT2D eigenvalue weighted by Crippen LogP contribution is -2.37. The van der Waals surface area contributed by atoms with E-state index in [1.807, 2.05) is 69.8 Å². The Morgan fingerprint density at radius 1 is 0.769 bits per heavy atom. The van der Waals surface area contributed by atoms with Crippen molar-refractivity contribution in [1.82, 2.24) is 9.80 Å². The summed E-state index contributed by atoms with van der Waals surface area (Å²) < 4.78 is 0. The maximum atomic E-state index is 13.1. The van der Waals surface area contributed by atoms with E-state index in [4.69, 9.17) is 0 Å². The second kappa shape index (κ2) is 7.30. The van der Waals surface area contributed by atoms with E-state index in [1.165, 1.54) is 11.3 Å². The van der Waals surface area contributed by atoms with Crippen molar-refractivity contribution in [3.05, 3.63) is 70.4 Å². The molecule has 4 rings (SSSR count). The molecule has 0 saturated carbocycles. The number of rotatable bonds is 2.